The van der Waals surface area contributed by atoms with Crippen LogP contribution in [0.2, 0.25) is 0 Å². The van der Waals surface area contributed by atoms with E-state index < -0.39 is 18.1 Å². The molecule has 1 fully saturated rings. The van der Waals surface area contributed by atoms with E-state index in [1.807, 2.05) is 20.8 Å². The Labute approximate surface area is 175 Å². The monoisotopic (exact) mass is 410 g/mol. The van der Waals surface area contributed by atoms with Gasteiger partial charge >= 0.3 is 0 Å². The number of likely N-dealkylation sites (tertiary alicyclic amines) is 1. The third-order valence-corrected chi connectivity index (χ3v) is 5.46. The number of amides is 2. The van der Waals surface area contributed by atoms with E-state index in [2.05, 4.69) is 16.5 Å². The average molecular weight is 410 g/mol. The van der Waals surface area contributed by atoms with Gasteiger partial charge in [-0.15, -0.1) is 0 Å². The zero-order valence-corrected chi connectivity index (χ0v) is 17.3. The van der Waals surface area contributed by atoms with Crippen molar-refractivity contribution in [3.8, 4) is 6.07 Å². The predicted molar refractivity (Wildman–Crippen MR) is 108 cm³/mol. The van der Waals surface area contributed by atoms with Crippen LogP contribution in [0.25, 0.3) is 0 Å². The van der Waals surface area contributed by atoms with Gasteiger partial charge < -0.3 is 19.8 Å². The Hall–Kier alpha value is -3.18. The summed E-state index contributed by atoms with van der Waals surface area (Å²) in [6, 6.07) is 9.59. The number of benzene rings is 1. The second kappa shape index (κ2) is 9.09. The van der Waals surface area contributed by atoms with Crippen molar-refractivity contribution in [2.75, 3.05) is 6.54 Å². The molecule has 1 aromatic heterocycles. The molecule has 2 N–H and O–H groups in total. The van der Waals surface area contributed by atoms with Crippen LogP contribution in [0.1, 0.15) is 56.0 Å². The smallest absolute Gasteiger partial charge is 0.243 e. The number of hydrogen-bond donors (Lipinski definition) is 2. The lowest BCUT2D eigenvalue weighted by atomic mass is 9.91. The highest BCUT2D eigenvalue weighted by Crippen LogP contribution is 2.30. The molecule has 3 rings (SSSR count). The molecule has 0 bridgehead atoms. The Morgan fingerprint density at radius 2 is 1.97 bits per heavy atom. The Bertz CT molecular complexity index is 918. The van der Waals surface area contributed by atoms with Gasteiger partial charge in [0.05, 0.1) is 30.0 Å². The third kappa shape index (κ3) is 4.52. The number of hydrogen-bond acceptors (Lipinski definition) is 6. The van der Waals surface area contributed by atoms with Crippen molar-refractivity contribution in [1.29, 1.82) is 5.26 Å². The van der Waals surface area contributed by atoms with Gasteiger partial charge in [0.2, 0.25) is 11.8 Å². The van der Waals surface area contributed by atoms with Crippen LogP contribution in [0.3, 0.4) is 0 Å². The molecule has 0 saturated carbocycles. The zero-order valence-electron chi connectivity index (χ0n) is 17.3. The molecule has 2 amide bonds. The van der Waals surface area contributed by atoms with Crippen molar-refractivity contribution in [3.63, 3.8) is 0 Å². The van der Waals surface area contributed by atoms with E-state index >= 15 is 0 Å². The minimum Gasteiger partial charge on any atom is -0.391 e. The van der Waals surface area contributed by atoms with Gasteiger partial charge in [-0.2, -0.15) is 5.26 Å². The predicted octanol–water partition coefficient (Wildman–Crippen LogP) is 2.13. The molecule has 0 radical (unpaired) electrons. The fraction of sp³-hybridized carbons (Fsp3) is 0.455. The van der Waals surface area contributed by atoms with Crippen LogP contribution < -0.4 is 5.32 Å². The summed E-state index contributed by atoms with van der Waals surface area (Å²) in [5, 5.41) is 25.7. The molecule has 1 aliphatic rings. The molecule has 158 valence electrons. The molecular formula is C22H26N4O4. The Morgan fingerprint density at radius 3 is 2.53 bits per heavy atom. The normalized spacial score (nSPS) is 20.6. The molecule has 1 saturated heterocycles. The first-order chi connectivity index (χ1) is 14.3. The fourth-order valence-corrected chi connectivity index (χ4v) is 3.85. The van der Waals surface area contributed by atoms with Crippen LogP contribution in [-0.4, -0.2) is 45.7 Å². The second-order valence-corrected chi connectivity index (χ2v) is 8.00. The molecule has 0 spiro atoms. The average Bonchev–Trinajstić information content (AvgIpc) is 3.37. The quantitative estimate of drug-likeness (QED) is 0.753. The van der Waals surface area contributed by atoms with E-state index in [0.29, 0.717) is 11.3 Å². The van der Waals surface area contributed by atoms with Gasteiger partial charge in [-0.25, -0.2) is 0 Å². The van der Waals surface area contributed by atoms with Crippen LogP contribution in [-0.2, 0) is 9.59 Å². The lowest BCUT2D eigenvalue weighted by molar-refractivity contribution is -0.141. The number of aliphatic hydroxyl groups excluding tert-OH is 1. The van der Waals surface area contributed by atoms with Gasteiger partial charge in [-0.1, -0.05) is 31.1 Å². The van der Waals surface area contributed by atoms with E-state index in [0.717, 1.165) is 5.56 Å². The summed E-state index contributed by atoms with van der Waals surface area (Å²) in [4.78, 5) is 27.7. The summed E-state index contributed by atoms with van der Waals surface area (Å²) in [6.07, 6.45) is 0.900. The highest BCUT2D eigenvalue weighted by atomic mass is 16.5. The summed E-state index contributed by atoms with van der Waals surface area (Å²) >= 11 is 0. The first-order valence-corrected chi connectivity index (χ1v) is 10.0. The van der Waals surface area contributed by atoms with Gasteiger partial charge in [0, 0.05) is 19.0 Å². The van der Waals surface area contributed by atoms with E-state index in [1.165, 1.54) is 11.1 Å². The molecule has 4 atom stereocenters. The minimum atomic E-state index is -0.766. The summed E-state index contributed by atoms with van der Waals surface area (Å²) < 4.78 is 5.22. The van der Waals surface area contributed by atoms with Gasteiger partial charge in [-0.05, 0) is 30.5 Å². The highest BCUT2D eigenvalue weighted by Gasteiger charge is 2.43. The second-order valence-electron chi connectivity index (χ2n) is 8.00. The van der Waals surface area contributed by atoms with Gasteiger partial charge in [0.15, 0.2) is 0 Å². The highest BCUT2D eigenvalue weighted by molar-refractivity contribution is 5.91. The number of aliphatic hydroxyl groups is 1. The number of rotatable bonds is 6. The Morgan fingerprint density at radius 1 is 1.27 bits per heavy atom. The maximum atomic E-state index is 13.3. The number of carbonyl (C=O) groups excluding carboxylic acids is 2. The van der Waals surface area contributed by atoms with Crippen LogP contribution in [0.15, 0.2) is 41.1 Å². The van der Waals surface area contributed by atoms with Crippen LogP contribution in [0, 0.1) is 17.2 Å². The first kappa shape index (κ1) is 21.5. The molecule has 2 aromatic rings. The summed E-state index contributed by atoms with van der Waals surface area (Å²) in [5.74, 6) is -0.781. The first-order valence-electron chi connectivity index (χ1n) is 10.0. The molecule has 2 heterocycles. The lowest BCUT2D eigenvalue weighted by Crippen LogP contribution is -2.48. The van der Waals surface area contributed by atoms with Crippen LogP contribution in [0.5, 0.6) is 0 Å². The molecular weight excluding hydrogens is 384 g/mol. The lowest BCUT2D eigenvalue weighted by Gasteiger charge is -2.29. The van der Waals surface area contributed by atoms with E-state index in [-0.39, 0.29) is 36.7 Å². The van der Waals surface area contributed by atoms with Crippen molar-refractivity contribution >= 4 is 11.8 Å². The third-order valence-electron chi connectivity index (χ3n) is 5.46. The summed E-state index contributed by atoms with van der Waals surface area (Å²) in [5.41, 5.74) is 1.39. The van der Waals surface area contributed by atoms with Crippen LogP contribution >= 0.6 is 0 Å². The summed E-state index contributed by atoms with van der Waals surface area (Å²) in [7, 11) is 0. The van der Waals surface area contributed by atoms with Crippen molar-refractivity contribution in [1.82, 2.24) is 15.4 Å². The number of nitriles is 1. The maximum absolute atomic E-state index is 13.3. The molecule has 1 aromatic carbocycles. The molecule has 1 aliphatic heterocycles. The number of aromatic nitrogens is 1. The number of nitrogens with one attached hydrogen (secondary N) is 1. The molecule has 0 aliphatic carbocycles. The zero-order chi connectivity index (χ0) is 21.8. The van der Waals surface area contributed by atoms with Gasteiger partial charge in [-0.3, -0.25) is 9.59 Å². The molecule has 30 heavy (non-hydrogen) atoms. The van der Waals surface area contributed by atoms with Crippen molar-refractivity contribution in [3.05, 3.63) is 53.4 Å². The van der Waals surface area contributed by atoms with Crippen molar-refractivity contribution < 1.29 is 19.2 Å². The van der Waals surface area contributed by atoms with Crippen molar-refractivity contribution in [2.24, 2.45) is 5.92 Å². The van der Waals surface area contributed by atoms with E-state index in [4.69, 9.17) is 9.78 Å². The number of β-amino-alcohol motifs (C(OH)–C–C–N with tert-alkyl or cyclic N) is 1. The van der Waals surface area contributed by atoms with Crippen LogP contribution in [0.4, 0.5) is 0 Å². The topological polar surface area (TPSA) is 119 Å². The van der Waals surface area contributed by atoms with Crippen molar-refractivity contribution in [2.45, 2.75) is 51.3 Å². The minimum absolute atomic E-state index is 0.0653. The maximum Gasteiger partial charge on any atom is 0.243 e. The Balaban J connectivity index is 1.75. The molecule has 8 heteroatoms. The van der Waals surface area contributed by atoms with E-state index in [9.17, 15) is 14.7 Å². The molecule has 8 nitrogen and oxygen atoms in total. The van der Waals surface area contributed by atoms with Gasteiger partial charge in [0.1, 0.15) is 17.7 Å². The number of carbonyl (C=O) groups is 2. The number of nitrogens with zero attached hydrogens (tertiary/aromatic N) is 3. The van der Waals surface area contributed by atoms with Gasteiger partial charge in [0.25, 0.3) is 0 Å². The largest absolute Gasteiger partial charge is 0.391 e. The standard InChI is InChI=1S/C22H26N4O4/c1-13(2)20(19-8-9-24-30-19)22(29)26-12-17(27)10-18(26)21(28)25-14(3)16-6-4-15(11-23)5-7-16/h4-9,13-14,17-18,20,27H,10,12H2,1-3H3,(H,25,28)/t14?,17-,18?,20?/m1/s1. The summed E-state index contributed by atoms with van der Waals surface area (Å²) in [6.45, 7) is 5.74. The Kier molecular flexibility index (Phi) is 6.53. The SMILES string of the molecule is CC(NC(=O)C1C[C@@H](O)CN1C(=O)C(c1ccno1)C(C)C)c1ccc(C#N)cc1. The van der Waals surface area contributed by atoms with E-state index in [1.54, 1.807) is 30.3 Å². The molecule has 3 unspecified atom stereocenters. The fourth-order valence-electron chi connectivity index (χ4n) is 3.85.